The van der Waals surface area contributed by atoms with Crippen molar-refractivity contribution in [2.75, 3.05) is 6.26 Å². The SMILES string of the molecule is CC(C)C(C)Cc1ccc(S(C)(=O)=O)cc1. The van der Waals surface area contributed by atoms with E-state index in [9.17, 15) is 8.42 Å². The molecule has 0 aliphatic carbocycles. The van der Waals surface area contributed by atoms with E-state index >= 15 is 0 Å². The van der Waals surface area contributed by atoms with E-state index in [1.54, 1.807) is 12.1 Å². The second-order valence-corrected chi connectivity index (χ2v) is 6.86. The first-order valence-corrected chi connectivity index (χ1v) is 7.49. The highest BCUT2D eigenvalue weighted by atomic mass is 32.2. The van der Waals surface area contributed by atoms with Gasteiger partial charge in [-0.25, -0.2) is 8.42 Å². The molecule has 0 saturated heterocycles. The largest absolute Gasteiger partial charge is 0.224 e. The van der Waals surface area contributed by atoms with E-state index < -0.39 is 9.84 Å². The summed E-state index contributed by atoms with van der Waals surface area (Å²) in [6, 6.07) is 7.21. The summed E-state index contributed by atoms with van der Waals surface area (Å²) in [7, 11) is -3.06. The van der Waals surface area contributed by atoms with Gasteiger partial charge in [0.1, 0.15) is 0 Å². The molecule has 1 unspecified atom stereocenters. The van der Waals surface area contributed by atoms with Gasteiger partial charge in [0, 0.05) is 6.26 Å². The van der Waals surface area contributed by atoms with Crippen LogP contribution in [0.15, 0.2) is 29.2 Å². The van der Waals surface area contributed by atoms with Crippen molar-refractivity contribution >= 4 is 9.84 Å². The molecular formula is C13H20O2S. The van der Waals surface area contributed by atoms with Gasteiger partial charge in [-0.1, -0.05) is 32.9 Å². The van der Waals surface area contributed by atoms with Gasteiger partial charge in [-0.15, -0.1) is 0 Å². The van der Waals surface area contributed by atoms with Crippen molar-refractivity contribution in [2.24, 2.45) is 11.8 Å². The third kappa shape index (κ3) is 3.63. The van der Waals surface area contributed by atoms with Gasteiger partial charge in [-0.3, -0.25) is 0 Å². The summed E-state index contributed by atoms with van der Waals surface area (Å²) in [4.78, 5) is 0.397. The minimum absolute atomic E-state index is 0.397. The molecule has 90 valence electrons. The summed E-state index contributed by atoms with van der Waals surface area (Å²) in [5.74, 6) is 1.26. The van der Waals surface area contributed by atoms with E-state index in [2.05, 4.69) is 20.8 Å². The van der Waals surface area contributed by atoms with Crippen molar-refractivity contribution in [3.05, 3.63) is 29.8 Å². The fourth-order valence-electron chi connectivity index (χ4n) is 1.48. The lowest BCUT2D eigenvalue weighted by Gasteiger charge is -2.15. The molecule has 1 aromatic rings. The predicted octanol–water partition coefficient (Wildman–Crippen LogP) is 2.92. The molecule has 3 heteroatoms. The van der Waals surface area contributed by atoms with Crippen molar-refractivity contribution in [3.8, 4) is 0 Å². The van der Waals surface area contributed by atoms with E-state index in [-0.39, 0.29) is 0 Å². The zero-order valence-corrected chi connectivity index (χ0v) is 11.2. The molecule has 1 rings (SSSR count). The summed E-state index contributed by atoms with van der Waals surface area (Å²) in [5, 5.41) is 0. The normalized spacial score (nSPS) is 14.1. The standard InChI is InChI=1S/C13H20O2S/c1-10(2)11(3)9-12-5-7-13(8-6-12)16(4,14)15/h5-8,10-11H,9H2,1-4H3. The smallest absolute Gasteiger partial charge is 0.175 e. The minimum Gasteiger partial charge on any atom is -0.224 e. The van der Waals surface area contributed by atoms with E-state index in [0.717, 1.165) is 6.42 Å². The quantitative estimate of drug-likeness (QED) is 0.811. The van der Waals surface area contributed by atoms with Crippen molar-refractivity contribution in [1.82, 2.24) is 0 Å². The van der Waals surface area contributed by atoms with Crippen LogP contribution in [0.1, 0.15) is 26.3 Å². The maximum absolute atomic E-state index is 11.3. The van der Waals surface area contributed by atoms with Gasteiger partial charge in [0.25, 0.3) is 0 Å². The summed E-state index contributed by atoms with van der Waals surface area (Å²) in [5.41, 5.74) is 1.20. The molecule has 0 aliphatic heterocycles. The lowest BCUT2D eigenvalue weighted by molar-refractivity contribution is 0.417. The molecule has 2 nitrogen and oxygen atoms in total. The molecule has 0 spiro atoms. The Morgan fingerprint density at radius 2 is 1.56 bits per heavy atom. The van der Waals surface area contributed by atoms with Crippen LogP contribution in [0.3, 0.4) is 0 Å². The molecule has 0 bridgehead atoms. The predicted molar refractivity (Wildman–Crippen MR) is 67.3 cm³/mol. The third-order valence-corrected chi connectivity index (χ3v) is 4.18. The molecule has 0 radical (unpaired) electrons. The van der Waals surface area contributed by atoms with E-state index in [0.29, 0.717) is 16.7 Å². The fraction of sp³-hybridized carbons (Fsp3) is 0.538. The van der Waals surface area contributed by atoms with Crippen LogP contribution >= 0.6 is 0 Å². The van der Waals surface area contributed by atoms with Gasteiger partial charge < -0.3 is 0 Å². The first-order chi connectivity index (χ1) is 7.30. The Labute approximate surface area is 98.6 Å². The number of hydrogen-bond acceptors (Lipinski definition) is 2. The summed E-state index contributed by atoms with van der Waals surface area (Å²) >= 11 is 0. The number of benzene rings is 1. The Morgan fingerprint density at radius 1 is 1.06 bits per heavy atom. The Morgan fingerprint density at radius 3 is 1.94 bits per heavy atom. The third-order valence-electron chi connectivity index (χ3n) is 3.05. The van der Waals surface area contributed by atoms with Gasteiger partial charge in [0.15, 0.2) is 9.84 Å². The molecule has 16 heavy (non-hydrogen) atoms. The van der Waals surface area contributed by atoms with Gasteiger partial charge in [0.05, 0.1) is 4.90 Å². The zero-order valence-electron chi connectivity index (χ0n) is 10.4. The Hall–Kier alpha value is -0.830. The molecule has 0 aromatic heterocycles. The lowest BCUT2D eigenvalue weighted by Crippen LogP contribution is -2.07. The summed E-state index contributed by atoms with van der Waals surface area (Å²) in [6.45, 7) is 6.63. The monoisotopic (exact) mass is 240 g/mol. The van der Waals surface area contributed by atoms with Crippen LogP contribution in [0.5, 0.6) is 0 Å². The fourth-order valence-corrected chi connectivity index (χ4v) is 2.11. The minimum atomic E-state index is -3.06. The van der Waals surface area contributed by atoms with Crippen molar-refractivity contribution < 1.29 is 8.42 Å². The molecule has 0 fully saturated rings. The lowest BCUT2D eigenvalue weighted by atomic mass is 9.91. The number of sulfone groups is 1. The highest BCUT2D eigenvalue weighted by Gasteiger charge is 2.10. The Bertz CT molecular complexity index is 430. The second-order valence-electron chi connectivity index (χ2n) is 4.84. The van der Waals surface area contributed by atoms with Crippen LogP contribution in [0.4, 0.5) is 0 Å². The highest BCUT2D eigenvalue weighted by Crippen LogP contribution is 2.18. The molecule has 0 amide bonds. The van der Waals surface area contributed by atoms with Crippen LogP contribution in [-0.4, -0.2) is 14.7 Å². The highest BCUT2D eigenvalue weighted by molar-refractivity contribution is 7.90. The molecule has 1 atom stereocenters. The van der Waals surface area contributed by atoms with Crippen LogP contribution < -0.4 is 0 Å². The molecule has 0 N–H and O–H groups in total. The first kappa shape index (κ1) is 13.2. The van der Waals surface area contributed by atoms with Crippen LogP contribution in [-0.2, 0) is 16.3 Å². The molecule has 0 aliphatic rings. The maximum Gasteiger partial charge on any atom is 0.175 e. The first-order valence-electron chi connectivity index (χ1n) is 5.59. The van der Waals surface area contributed by atoms with Crippen LogP contribution in [0, 0.1) is 11.8 Å². The van der Waals surface area contributed by atoms with Crippen molar-refractivity contribution in [1.29, 1.82) is 0 Å². The molecular weight excluding hydrogens is 220 g/mol. The van der Waals surface area contributed by atoms with Gasteiger partial charge in [0.2, 0.25) is 0 Å². The number of hydrogen-bond donors (Lipinski definition) is 0. The van der Waals surface area contributed by atoms with Gasteiger partial charge >= 0.3 is 0 Å². The van der Waals surface area contributed by atoms with E-state index in [4.69, 9.17) is 0 Å². The summed E-state index contributed by atoms with van der Waals surface area (Å²) < 4.78 is 22.5. The van der Waals surface area contributed by atoms with E-state index in [1.165, 1.54) is 11.8 Å². The van der Waals surface area contributed by atoms with Crippen LogP contribution in [0.25, 0.3) is 0 Å². The van der Waals surface area contributed by atoms with Crippen molar-refractivity contribution in [3.63, 3.8) is 0 Å². The van der Waals surface area contributed by atoms with Gasteiger partial charge in [-0.2, -0.15) is 0 Å². The molecule has 1 aromatic carbocycles. The van der Waals surface area contributed by atoms with Crippen molar-refractivity contribution in [2.45, 2.75) is 32.1 Å². The molecule has 0 saturated carbocycles. The molecule has 0 heterocycles. The summed E-state index contributed by atoms with van der Waals surface area (Å²) in [6.07, 6.45) is 2.24. The average molecular weight is 240 g/mol. The Kier molecular flexibility index (Phi) is 4.14. The van der Waals surface area contributed by atoms with Crippen LogP contribution in [0.2, 0.25) is 0 Å². The Balaban J connectivity index is 2.80. The zero-order chi connectivity index (χ0) is 12.3. The average Bonchev–Trinajstić information content (AvgIpc) is 2.17. The maximum atomic E-state index is 11.3. The van der Waals surface area contributed by atoms with E-state index in [1.807, 2.05) is 12.1 Å². The van der Waals surface area contributed by atoms with Gasteiger partial charge in [-0.05, 0) is 36.0 Å². The second kappa shape index (κ2) is 5.00. The topological polar surface area (TPSA) is 34.1 Å². The number of rotatable bonds is 4.